The normalized spacial score (nSPS) is 21.5. The van der Waals surface area contributed by atoms with Crippen LogP contribution in [0, 0.1) is 0 Å². The van der Waals surface area contributed by atoms with Crippen molar-refractivity contribution >= 4 is 17.1 Å². The fourth-order valence-corrected chi connectivity index (χ4v) is 1.93. The third-order valence-corrected chi connectivity index (χ3v) is 3.14. The van der Waals surface area contributed by atoms with Crippen molar-refractivity contribution in [2.75, 3.05) is 0 Å². The molecule has 0 aliphatic carbocycles. The number of aliphatic hydroxyl groups excluding tert-OH is 3. The molecule has 6 heteroatoms. The Morgan fingerprint density at radius 1 is 1.15 bits per heavy atom. The van der Waals surface area contributed by atoms with Crippen molar-refractivity contribution < 1.29 is 24.3 Å². The van der Waals surface area contributed by atoms with Gasteiger partial charge in [-0.15, -0.1) is 0 Å². The van der Waals surface area contributed by atoms with Crippen LogP contribution in [0.1, 0.15) is 20.8 Å². The van der Waals surface area contributed by atoms with Crippen molar-refractivity contribution in [2.45, 2.75) is 37.7 Å². The summed E-state index contributed by atoms with van der Waals surface area (Å²) in [5.74, 6) is -0.826. The zero-order valence-corrected chi connectivity index (χ0v) is 8.73. The molecule has 0 aromatic carbocycles. The van der Waals surface area contributed by atoms with Crippen LogP contribution in [-0.2, 0) is 8.98 Å². The maximum atomic E-state index is 10.9. The Morgan fingerprint density at radius 2 is 1.54 bits per heavy atom. The van der Waals surface area contributed by atoms with Crippen LogP contribution < -0.4 is 0 Å². The number of aliphatic hydroxyl groups is 3. The lowest BCUT2D eigenvalue weighted by atomic mass is 10.4. The first-order chi connectivity index (χ1) is 5.86. The second-order valence-corrected chi connectivity index (χ2v) is 5.11. The highest BCUT2D eigenvalue weighted by Crippen LogP contribution is 2.35. The highest BCUT2D eigenvalue weighted by atomic mass is 32.2. The first kappa shape index (κ1) is 12.7. The molecule has 0 spiro atoms. The van der Waals surface area contributed by atoms with Crippen molar-refractivity contribution in [3.8, 4) is 0 Å². The van der Waals surface area contributed by atoms with E-state index in [0.717, 1.165) is 0 Å². The molecule has 0 rings (SSSR count). The smallest absolute Gasteiger partial charge is 0.345 e. The van der Waals surface area contributed by atoms with Crippen LogP contribution in [0.5, 0.6) is 0 Å². The second kappa shape index (κ2) is 5.43. The van der Waals surface area contributed by atoms with Crippen molar-refractivity contribution in [1.29, 1.82) is 0 Å². The number of carbonyl (C=O) groups is 1. The van der Waals surface area contributed by atoms with E-state index in [1.165, 1.54) is 20.8 Å². The molecule has 0 radical (unpaired) electrons. The Morgan fingerprint density at radius 3 is 1.77 bits per heavy atom. The first-order valence-electron chi connectivity index (χ1n) is 3.90. The Balaban J connectivity index is 4.19. The van der Waals surface area contributed by atoms with Gasteiger partial charge in [-0.2, -0.15) is 0 Å². The standard InChI is InChI=1S/C7H16O5S/c1-4(8)7(11)12-13(5(2)9)6(3)10/h4-6,8-10,13H,1-3H3. The molecule has 0 saturated carbocycles. The van der Waals surface area contributed by atoms with E-state index in [9.17, 15) is 4.79 Å². The minimum absolute atomic E-state index is 0.826. The van der Waals surface area contributed by atoms with E-state index in [4.69, 9.17) is 19.5 Å². The van der Waals surface area contributed by atoms with Gasteiger partial charge in [-0.25, -0.2) is 4.79 Å². The van der Waals surface area contributed by atoms with Gasteiger partial charge in [-0.3, -0.25) is 0 Å². The Kier molecular flexibility index (Phi) is 5.31. The zero-order valence-electron chi connectivity index (χ0n) is 7.84. The molecule has 0 aromatic rings. The van der Waals surface area contributed by atoms with Gasteiger partial charge in [-0.1, -0.05) is 0 Å². The van der Waals surface area contributed by atoms with Crippen LogP contribution in [0.25, 0.3) is 0 Å². The lowest BCUT2D eigenvalue weighted by Gasteiger charge is -2.27. The van der Waals surface area contributed by atoms with E-state index in [0.29, 0.717) is 0 Å². The van der Waals surface area contributed by atoms with Crippen molar-refractivity contribution in [3.05, 3.63) is 0 Å². The van der Waals surface area contributed by atoms with E-state index < -0.39 is 34.1 Å². The Bertz CT molecular complexity index is 160. The largest absolute Gasteiger partial charge is 0.411 e. The summed E-state index contributed by atoms with van der Waals surface area (Å²) in [5, 5.41) is 27.1. The number of rotatable bonds is 4. The summed E-state index contributed by atoms with van der Waals surface area (Å²) in [6.45, 7) is 4.11. The summed E-state index contributed by atoms with van der Waals surface area (Å²) in [4.78, 5) is 10.9. The Hall–Kier alpha value is -0.300. The fourth-order valence-electron chi connectivity index (χ4n) is 0.645. The summed E-state index contributed by atoms with van der Waals surface area (Å²) in [6.07, 6.45) is -1.23. The lowest BCUT2D eigenvalue weighted by molar-refractivity contribution is -0.141. The van der Waals surface area contributed by atoms with Gasteiger partial charge in [0.15, 0.2) is 0 Å². The minimum Gasteiger partial charge on any atom is -0.411 e. The van der Waals surface area contributed by atoms with Crippen molar-refractivity contribution in [1.82, 2.24) is 0 Å². The molecule has 0 aliphatic heterocycles. The van der Waals surface area contributed by atoms with Crippen LogP contribution in [0.15, 0.2) is 0 Å². The monoisotopic (exact) mass is 212 g/mol. The van der Waals surface area contributed by atoms with Gasteiger partial charge in [0, 0.05) is 0 Å². The van der Waals surface area contributed by atoms with Gasteiger partial charge in [0.1, 0.15) is 17.0 Å². The molecule has 0 aliphatic rings. The fraction of sp³-hybridized carbons (Fsp3) is 0.857. The topological polar surface area (TPSA) is 87.0 Å². The van der Waals surface area contributed by atoms with Crippen molar-refractivity contribution in [3.63, 3.8) is 0 Å². The number of hydrogen-bond donors (Lipinski definition) is 4. The quantitative estimate of drug-likeness (QED) is 0.472. The molecule has 0 bridgehead atoms. The maximum absolute atomic E-state index is 10.9. The van der Waals surface area contributed by atoms with Crippen LogP contribution in [0.2, 0.25) is 0 Å². The lowest BCUT2D eigenvalue weighted by Crippen LogP contribution is -2.24. The summed E-state index contributed by atoms with van der Waals surface area (Å²) < 4.78 is 4.71. The zero-order chi connectivity index (χ0) is 10.6. The third kappa shape index (κ3) is 4.47. The second-order valence-electron chi connectivity index (χ2n) is 2.71. The summed E-state index contributed by atoms with van der Waals surface area (Å²) in [5.41, 5.74) is -1.81. The molecular formula is C7H16O5S. The highest BCUT2D eigenvalue weighted by molar-refractivity contribution is 8.13. The molecule has 5 nitrogen and oxygen atoms in total. The molecule has 0 amide bonds. The third-order valence-electron chi connectivity index (χ3n) is 1.27. The van der Waals surface area contributed by atoms with Gasteiger partial charge in [-0.05, 0) is 31.9 Å². The molecule has 0 fully saturated rings. The summed E-state index contributed by atoms with van der Waals surface area (Å²) >= 11 is -1.65. The predicted molar refractivity (Wildman–Crippen MR) is 50.1 cm³/mol. The van der Waals surface area contributed by atoms with E-state index in [-0.39, 0.29) is 0 Å². The van der Waals surface area contributed by atoms with E-state index in [1.807, 2.05) is 0 Å². The van der Waals surface area contributed by atoms with E-state index >= 15 is 0 Å². The molecule has 0 aromatic heterocycles. The highest BCUT2D eigenvalue weighted by Gasteiger charge is 2.22. The van der Waals surface area contributed by atoms with Gasteiger partial charge >= 0.3 is 5.97 Å². The molecular weight excluding hydrogens is 196 g/mol. The average molecular weight is 212 g/mol. The van der Waals surface area contributed by atoms with Crippen molar-refractivity contribution in [2.24, 2.45) is 0 Å². The number of hydrogen-bond acceptors (Lipinski definition) is 5. The molecule has 0 heterocycles. The molecule has 80 valence electrons. The van der Waals surface area contributed by atoms with E-state index in [2.05, 4.69) is 0 Å². The molecule has 3 unspecified atom stereocenters. The first-order valence-corrected chi connectivity index (χ1v) is 5.30. The number of carbonyl (C=O) groups excluding carboxylic acids is 1. The van der Waals surface area contributed by atoms with Gasteiger partial charge < -0.3 is 19.5 Å². The molecule has 13 heavy (non-hydrogen) atoms. The van der Waals surface area contributed by atoms with Crippen LogP contribution in [0.4, 0.5) is 0 Å². The predicted octanol–water partition coefficient (Wildman–Crippen LogP) is -0.497. The molecule has 0 saturated heterocycles. The minimum atomic E-state index is -1.65. The average Bonchev–Trinajstić information content (AvgIpc) is 1.97. The number of thiol groups is 1. The molecule has 3 atom stereocenters. The summed E-state index contributed by atoms with van der Waals surface area (Å²) in [7, 11) is 0. The van der Waals surface area contributed by atoms with Gasteiger partial charge in [0.2, 0.25) is 0 Å². The van der Waals surface area contributed by atoms with Crippen LogP contribution in [0.3, 0.4) is 0 Å². The van der Waals surface area contributed by atoms with Gasteiger partial charge in [0.05, 0.1) is 0 Å². The van der Waals surface area contributed by atoms with Crippen LogP contribution >= 0.6 is 11.2 Å². The Labute approximate surface area is 79.9 Å². The SMILES string of the molecule is CC(O)C(=O)O[SH](C(C)O)C(C)O. The van der Waals surface area contributed by atoms with Crippen LogP contribution in [-0.4, -0.2) is 38.3 Å². The maximum Gasteiger partial charge on any atom is 0.345 e. The van der Waals surface area contributed by atoms with Gasteiger partial charge in [0.25, 0.3) is 0 Å². The molecule has 3 N–H and O–H groups in total. The summed E-state index contributed by atoms with van der Waals surface area (Å²) in [6, 6.07) is 0. The van der Waals surface area contributed by atoms with E-state index in [1.54, 1.807) is 0 Å².